The number of benzene rings is 2. The number of ether oxygens (including phenoxy) is 2. The lowest BCUT2D eigenvalue weighted by atomic mass is 9.70. The largest absolute Gasteiger partial charge is 0.487 e. The number of carbonyl (C=O) groups is 1. The van der Waals surface area contributed by atoms with E-state index >= 15 is 0 Å². The maximum atomic E-state index is 13.5. The van der Waals surface area contributed by atoms with E-state index in [4.69, 9.17) is 9.47 Å². The van der Waals surface area contributed by atoms with E-state index in [1.165, 1.54) is 12.1 Å². The molecule has 1 N–H and O–H groups in total. The molecule has 5 heteroatoms. The molecule has 0 amide bonds. The highest BCUT2D eigenvalue weighted by Gasteiger charge is 2.52. The van der Waals surface area contributed by atoms with Gasteiger partial charge >= 0.3 is 5.97 Å². The molecule has 0 radical (unpaired) electrons. The Morgan fingerprint density at radius 1 is 1.23 bits per heavy atom. The molecule has 0 aliphatic carbocycles. The summed E-state index contributed by atoms with van der Waals surface area (Å²) in [5, 5.41) is 9.92. The van der Waals surface area contributed by atoms with E-state index < -0.39 is 23.6 Å². The van der Waals surface area contributed by atoms with Gasteiger partial charge in [-0.05, 0) is 81.8 Å². The van der Waals surface area contributed by atoms with Crippen molar-refractivity contribution in [1.82, 2.24) is 0 Å². The highest BCUT2D eigenvalue weighted by Crippen LogP contribution is 2.53. The summed E-state index contributed by atoms with van der Waals surface area (Å²) in [7, 11) is 0. The first-order valence-electron chi connectivity index (χ1n) is 10.6. The number of aliphatic carboxylic acids is 1. The van der Waals surface area contributed by atoms with Crippen LogP contribution < -0.4 is 4.74 Å². The summed E-state index contributed by atoms with van der Waals surface area (Å²) in [6.45, 7) is 8.12. The van der Waals surface area contributed by atoms with Crippen molar-refractivity contribution in [1.29, 1.82) is 0 Å². The van der Waals surface area contributed by atoms with Crippen LogP contribution in [0.2, 0.25) is 0 Å². The molecule has 2 heterocycles. The van der Waals surface area contributed by atoms with Crippen LogP contribution in [0.1, 0.15) is 55.0 Å². The summed E-state index contributed by atoms with van der Waals surface area (Å²) < 4.78 is 26.4. The van der Waals surface area contributed by atoms with Gasteiger partial charge < -0.3 is 14.6 Å². The summed E-state index contributed by atoms with van der Waals surface area (Å²) in [5.41, 5.74) is 3.59. The van der Waals surface area contributed by atoms with Gasteiger partial charge in [0.2, 0.25) is 0 Å². The lowest BCUT2D eigenvalue weighted by Crippen LogP contribution is -2.52. The molecule has 0 aromatic heterocycles. The fourth-order valence-electron chi connectivity index (χ4n) is 5.12. The van der Waals surface area contributed by atoms with Crippen LogP contribution in [0.4, 0.5) is 4.39 Å². The monoisotopic (exact) mass is 412 g/mol. The molecule has 0 saturated carbocycles. The van der Waals surface area contributed by atoms with Crippen molar-refractivity contribution in [3.63, 3.8) is 0 Å². The third-order valence-corrected chi connectivity index (χ3v) is 6.61. The van der Waals surface area contributed by atoms with Crippen molar-refractivity contribution in [2.75, 3.05) is 0 Å². The fraction of sp³-hybridized carbons (Fsp3) is 0.480. The van der Waals surface area contributed by atoms with E-state index in [0.717, 1.165) is 28.0 Å². The number of rotatable bonds is 4. The lowest BCUT2D eigenvalue weighted by molar-refractivity contribution is -0.188. The van der Waals surface area contributed by atoms with Gasteiger partial charge in [-0.25, -0.2) is 4.39 Å². The first-order valence-corrected chi connectivity index (χ1v) is 10.6. The Morgan fingerprint density at radius 2 is 2.00 bits per heavy atom. The minimum absolute atomic E-state index is 0.0575. The average molecular weight is 413 g/mol. The molecule has 4 rings (SSSR count). The van der Waals surface area contributed by atoms with Gasteiger partial charge in [0.25, 0.3) is 0 Å². The van der Waals surface area contributed by atoms with Crippen molar-refractivity contribution in [3.8, 4) is 5.75 Å². The maximum Gasteiger partial charge on any atom is 0.309 e. The van der Waals surface area contributed by atoms with Gasteiger partial charge in [0.15, 0.2) is 0 Å². The third-order valence-electron chi connectivity index (χ3n) is 6.61. The van der Waals surface area contributed by atoms with Gasteiger partial charge in [0.1, 0.15) is 17.2 Å². The number of fused-ring (bicyclic) bond motifs is 3. The second-order valence-electron chi connectivity index (χ2n) is 9.25. The Labute approximate surface area is 177 Å². The molecule has 2 aliphatic rings. The molecular formula is C25H29FO4. The van der Waals surface area contributed by atoms with E-state index in [1.54, 1.807) is 6.07 Å². The van der Waals surface area contributed by atoms with Crippen LogP contribution in [-0.4, -0.2) is 22.8 Å². The molecule has 30 heavy (non-hydrogen) atoms. The minimum Gasteiger partial charge on any atom is -0.487 e. The minimum atomic E-state index is -0.847. The summed E-state index contributed by atoms with van der Waals surface area (Å²) >= 11 is 0. The van der Waals surface area contributed by atoms with E-state index in [0.29, 0.717) is 19.3 Å². The second kappa shape index (κ2) is 7.69. The first-order chi connectivity index (χ1) is 14.2. The number of carboxylic acid groups (broad SMARTS) is 1. The highest BCUT2D eigenvalue weighted by atomic mass is 19.1. The predicted octanol–water partition coefficient (Wildman–Crippen LogP) is 5.39. The van der Waals surface area contributed by atoms with E-state index in [1.807, 2.05) is 32.9 Å². The molecular weight excluding hydrogens is 383 g/mol. The summed E-state index contributed by atoms with van der Waals surface area (Å²) in [5.74, 6) is -0.970. The maximum absolute atomic E-state index is 13.5. The number of aryl methyl sites for hydroxylation is 3. The molecule has 160 valence electrons. The second-order valence-corrected chi connectivity index (χ2v) is 9.25. The zero-order valence-corrected chi connectivity index (χ0v) is 17.9. The van der Waals surface area contributed by atoms with Crippen LogP contribution in [-0.2, 0) is 16.0 Å². The predicted molar refractivity (Wildman–Crippen MR) is 112 cm³/mol. The van der Waals surface area contributed by atoms with E-state index in [2.05, 4.69) is 13.0 Å². The molecule has 0 spiro atoms. The Bertz CT molecular complexity index is 968. The summed E-state index contributed by atoms with van der Waals surface area (Å²) in [4.78, 5) is 12.1. The van der Waals surface area contributed by atoms with E-state index in [-0.39, 0.29) is 17.8 Å². The smallest absolute Gasteiger partial charge is 0.309 e. The first kappa shape index (κ1) is 20.9. The standard InChI is InChI=1S/C25H29FO4/c1-14-10-15(2)22-21(11-14)30-25(3,4)19-13-18(24(27)28)20(29-23(19)22)9-8-16-6-5-7-17(26)12-16/h5-7,10-12,18-20,23H,8-9,13H2,1-4H3,(H,27,28)/t18-,19+,20+,23+/m1/s1. The molecule has 4 nitrogen and oxygen atoms in total. The van der Waals surface area contributed by atoms with Gasteiger partial charge in [0.05, 0.1) is 18.1 Å². The molecule has 0 bridgehead atoms. The molecule has 1 saturated heterocycles. The average Bonchev–Trinajstić information content (AvgIpc) is 2.64. The molecule has 1 fully saturated rings. The molecule has 4 atom stereocenters. The van der Waals surface area contributed by atoms with Crippen molar-refractivity contribution >= 4 is 5.97 Å². The summed E-state index contributed by atoms with van der Waals surface area (Å²) in [6, 6.07) is 10.6. The Kier molecular flexibility index (Phi) is 5.35. The number of hydrogen-bond donors (Lipinski definition) is 1. The van der Waals surface area contributed by atoms with Crippen LogP contribution in [0, 0.1) is 31.5 Å². The Hall–Kier alpha value is -2.40. The number of carboxylic acids is 1. The van der Waals surface area contributed by atoms with Gasteiger partial charge in [-0.2, -0.15) is 0 Å². The van der Waals surface area contributed by atoms with Gasteiger partial charge in [0, 0.05) is 11.5 Å². The van der Waals surface area contributed by atoms with Crippen molar-refractivity contribution in [3.05, 3.63) is 64.5 Å². The van der Waals surface area contributed by atoms with Crippen molar-refractivity contribution in [2.45, 2.75) is 64.8 Å². The normalized spacial score (nSPS) is 27.0. The highest BCUT2D eigenvalue weighted by molar-refractivity contribution is 5.71. The van der Waals surface area contributed by atoms with E-state index in [9.17, 15) is 14.3 Å². The van der Waals surface area contributed by atoms with Crippen molar-refractivity contribution < 1.29 is 23.8 Å². The van der Waals surface area contributed by atoms with Crippen LogP contribution in [0.15, 0.2) is 36.4 Å². The topological polar surface area (TPSA) is 55.8 Å². The molecule has 2 aromatic rings. The van der Waals surface area contributed by atoms with Gasteiger partial charge in [-0.3, -0.25) is 4.79 Å². The van der Waals surface area contributed by atoms with Gasteiger partial charge in [-0.15, -0.1) is 0 Å². The van der Waals surface area contributed by atoms with Crippen LogP contribution in [0.3, 0.4) is 0 Å². The number of hydrogen-bond acceptors (Lipinski definition) is 3. The quantitative estimate of drug-likeness (QED) is 0.731. The zero-order valence-electron chi connectivity index (χ0n) is 17.9. The SMILES string of the molecule is Cc1cc(C)c2c(c1)OC(C)(C)[C@H]1C[C@@H](C(=O)O)[C@H](CCc3cccc(F)c3)O[C@H]21. The summed E-state index contributed by atoms with van der Waals surface area (Å²) in [6.07, 6.45) is 0.953. The molecule has 2 aromatic carbocycles. The van der Waals surface area contributed by atoms with Crippen LogP contribution >= 0.6 is 0 Å². The molecule has 0 unspecified atom stereocenters. The van der Waals surface area contributed by atoms with Crippen molar-refractivity contribution in [2.24, 2.45) is 11.8 Å². The van der Waals surface area contributed by atoms with Crippen LogP contribution in [0.25, 0.3) is 0 Å². The zero-order chi connectivity index (χ0) is 21.6. The Balaban J connectivity index is 1.65. The number of halogens is 1. The molecule has 2 aliphatic heterocycles. The lowest BCUT2D eigenvalue weighted by Gasteiger charge is -2.51. The van der Waals surface area contributed by atoms with Crippen LogP contribution in [0.5, 0.6) is 5.75 Å². The van der Waals surface area contributed by atoms with Gasteiger partial charge in [-0.1, -0.05) is 18.2 Å². The Morgan fingerprint density at radius 3 is 2.70 bits per heavy atom. The third kappa shape index (κ3) is 3.83. The fourth-order valence-corrected chi connectivity index (χ4v) is 5.12.